The largest absolute Gasteiger partial charge is 0.313 e. The van der Waals surface area contributed by atoms with E-state index in [0.29, 0.717) is 6.04 Å². The second-order valence-electron chi connectivity index (χ2n) is 4.49. The fourth-order valence-corrected chi connectivity index (χ4v) is 2.23. The van der Waals surface area contributed by atoms with Crippen LogP contribution >= 0.6 is 34.2 Å². The first kappa shape index (κ1) is 14.3. The summed E-state index contributed by atoms with van der Waals surface area (Å²) < 4.78 is 1.11. The van der Waals surface area contributed by atoms with Crippen LogP contribution in [-0.2, 0) is 0 Å². The Bertz CT molecular complexity index is 339. The standard InChI is InChI=1S/C13H19ClIN/c1-9(2)4-7-13(16-3)10-5-6-12(15)11(14)8-10/h5-6,8-9,13,16H,4,7H2,1-3H3. The zero-order valence-corrected chi connectivity index (χ0v) is 13.0. The third-order valence-electron chi connectivity index (χ3n) is 2.73. The fraction of sp³-hybridized carbons (Fsp3) is 0.538. The highest BCUT2D eigenvalue weighted by molar-refractivity contribution is 14.1. The Hall–Kier alpha value is 0.200. The molecule has 0 heterocycles. The Balaban J connectivity index is 2.74. The molecule has 3 heteroatoms. The molecule has 0 radical (unpaired) electrons. The quantitative estimate of drug-likeness (QED) is 0.762. The van der Waals surface area contributed by atoms with E-state index in [1.165, 1.54) is 12.0 Å². The van der Waals surface area contributed by atoms with Gasteiger partial charge in [0.1, 0.15) is 0 Å². The highest BCUT2D eigenvalue weighted by atomic mass is 127. The normalized spacial score (nSPS) is 13.1. The monoisotopic (exact) mass is 351 g/mol. The van der Waals surface area contributed by atoms with Gasteiger partial charge < -0.3 is 5.32 Å². The van der Waals surface area contributed by atoms with Crippen molar-refractivity contribution in [2.45, 2.75) is 32.7 Å². The van der Waals surface area contributed by atoms with Gasteiger partial charge in [-0.25, -0.2) is 0 Å². The van der Waals surface area contributed by atoms with Gasteiger partial charge in [0.05, 0.1) is 5.02 Å². The van der Waals surface area contributed by atoms with Crippen LogP contribution in [0.5, 0.6) is 0 Å². The summed E-state index contributed by atoms with van der Waals surface area (Å²) in [4.78, 5) is 0. The molecule has 1 aromatic rings. The van der Waals surface area contributed by atoms with Gasteiger partial charge in [-0.2, -0.15) is 0 Å². The zero-order valence-electron chi connectivity index (χ0n) is 10.1. The fourth-order valence-electron chi connectivity index (χ4n) is 1.71. The Labute approximate surface area is 117 Å². The smallest absolute Gasteiger partial charge is 0.0542 e. The number of hydrogen-bond donors (Lipinski definition) is 1. The maximum absolute atomic E-state index is 6.14. The molecule has 0 aliphatic heterocycles. The van der Waals surface area contributed by atoms with E-state index in [-0.39, 0.29) is 0 Å². The SMILES string of the molecule is CNC(CCC(C)C)c1ccc(I)c(Cl)c1. The van der Waals surface area contributed by atoms with Crippen LogP contribution in [0.25, 0.3) is 0 Å². The van der Waals surface area contributed by atoms with Crippen LogP contribution in [0.15, 0.2) is 18.2 Å². The van der Waals surface area contributed by atoms with E-state index in [1.54, 1.807) is 0 Å². The van der Waals surface area contributed by atoms with E-state index in [9.17, 15) is 0 Å². The van der Waals surface area contributed by atoms with Gasteiger partial charge >= 0.3 is 0 Å². The van der Waals surface area contributed by atoms with Gasteiger partial charge in [-0.15, -0.1) is 0 Å². The van der Waals surface area contributed by atoms with Crippen molar-refractivity contribution in [1.29, 1.82) is 0 Å². The first-order valence-electron chi connectivity index (χ1n) is 5.66. The van der Waals surface area contributed by atoms with E-state index in [4.69, 9.17) is 11.6 Å². The minimum Gasteiger partial charge on any atom is -0.313 e. The molecule has 0 fully saturated rings. The third kappa shape index (κ3) is 4.22. The number of halogens is 2. The van der Waals surface area contributed by atoms with Gasteiger partial charge in [-0.3, -0.25) is 0 Å². The summed E-state index contributed by atoms with van der Waals surface area (Å²) in [7, 11) is 2.01. The highest BCUT2D eigenvalue weighted by Crippen LogP contribution is 2.26. The van der Waals surface area contributed by atoms with E-state index in [2.05, 4.69) is 60.0 Å². The minimum atomic E-state index is 0.414. The molecule has 0 aliphatic carbocycles. The number of hydrogen-bond acceptors (Lipinski definition) is 1. The number of rotatable bonds is 5. The predicted molar refractivity (Wildman–Crippen MR) is 80.0 cm³/mol. The van der Waals surface area contributed by atoms with Crippen molar-refractivity contribution >= 4 is 34.2 Å². The average Bonchev–Trinajstić information content (AvgIpc) is 2.23. The van der Waals surface area contributed by atoms with Crippen LogP contribution in [0.4, 0.5) is 0 Å². The summed E-state index contributed by atoms with van der Waals surface area (Å²) in [5.74, 6) is 0.746. The van der Waals surface area contributed by atoms with Gasteiger partial charge in [0.2, 0.25) is 0 Å². The molecule has 0 saturated heterocycles. The van der Waals surface area contributed by atoms with E-state index >= 15 is 0 Å². The number of nitrogens with one attached hydrogen (secondary N) is 1. The van der Waals surface area contributed by atoms with Crippen molar-refractivity contribution in [3.63, 3.8) is 0 Å². The van der Waals surface area contributed by atoms with Crippen molar-refractivity contribution in [3.05, 3.63) is 32.4 Å². The van der Waals surface area contributed by atoms with Crippen LogP contribution in [-0.4, -0.2) is 7.05 Å². The molecule has 1 nitrogen and oxygen atoms in total. The lowest BCUT2D eigenvalue weighted by atomic mass is 9.98. The minimum absolute atomic E-state index is 0.414. The van der Waals surface area contributed by atoms with Gasteiger partial charge in [0, 0.05) is 9.61 Å². The van der Waals surface area contributed by atoms with Gasteiger partial charge in [-0.1, -0.05) is 31.5 Å². The summed E-state index contributed by atoms with van der Waals surface area (Å²) in [6.45, 7) is 4.52. The molecule has 16 heavy (non-hydrogen) atoms. The molecule has 0 saturated carbocycles. The van der Waals surface area contributed by atoms with Crippen LogP contribution in [0.2, 0.25) is 5.02 Å². The molecule has 1 aromatic carbocycles. The first-order chi connectivity index (χ1) is 7.54. The summed E-state index contributed by atoms with van der Waals surface area (Å²) in [6, 6.07) is 6.73. The molecule has 1 N–H and O–H groups in total. The van der Waals surface area contributed by atoms with E-state index in [0.717, 1.165) is 20.9 Å². The van der Waals surface area contributed by atoms with Crippen molar-refractivity contribution in [3.8, 4) is 0 Å². The molecule has 1 unspecified atom stereocenters. The van der Waals surface area contributed by atoms with Crippen LogP contribution < -0.4 is 5.32 Å². The van der Waals surface area contributed by atoms with E-state index in [1.807, 2.05) is 7.05 Å². The van der Waals surface area contributed by atoms with Crippen molar-refractivity contribution in [1.82, 2.24) is 5.32 Å². The first-order valence-corrected chi connectivity index (χ1v) is 7.12. The van der Waals surface area contributed by atoms with Gasteiger partial charge in [0.15, 0.2) is 0 Å². The Kier molecular flexibility index (Phi) is 6.08. The molecule has 0 amide bonds. The molecule has 1 atom stereocenters. The zero-order chi connectivity index (χ0) is 12.1. The molecule has 1 rings (SSSR count). The lowest BCUT2D eigenvalue weighted by Gasteiger charge is -2.18. The van der Waals surface area contributed by atoms with Gasteiger partial charge in [-0.05, 0) is 66.1 Å². The molecule has 0 aromatic heterocycles. The second-order valence-corrected chi connectivity index (χ2v) is 6.06. The molecular formula is C13H19ClIN. The van der Waals surface area contributed by atoms with Crippen LogP contribution in [0.1, 0.15) is 38.3 Å². The van der Waals surface area contributed by atoms with Gasteiger partial charge in [0.25, 0.3) is 0 Å². The maximum Gasteiger partial charge on any atom is 0.0542 e. The Morgan fingerprint density at radius 2 is 2.00 bits per heavy atom. The molecule has 0 bridgehead atoms. The van der Waals surface area contributed by atoms with Crippen molar-refractivity contribution in [2.24, 2.45) is 5.92 Å². The van der Waals surface area contributed by atoms with Crippen molar-refractivity contribution in [2.75, 3.05) is 7.05 Å². The third-order valence-corrected chi connectivity index (χ3v) is 4.30. The maximum atomic E-state index is 6.14. The number of benzene rings is 1. The summed E-state index contributed by atoms with van der Waals surface area (Å²) in [6.07, 6.45) is 2.39. The van der Waals surface area contributed by atoms with Crippen LogP contribution in [0.3, 0.4) is 0 Å². The Morgan fingerprint density at radius 3 is 2.50 bits per heavy atom. The molecule has 0 aliphatic rings. The lowest BCUT2D eigenvalue weighted by molar-refractivity contribution is 0.465. The molecular weight excluding hydrogens is 333 g/mol. The predicted octanol–water partition coefficient (Wildman–Crippen LogP) is 4.64. The second kappa shape index (κ2) is 6.82. The van der Waals surface area contributed by atoms with E-state index < -0.39 is 0 Å². The summed E-state index contributed by atoms with van der Waals surface area (Å²) >= 11 is 8.40. The average molecular weight is 352 g/mol. The Morgan fingerprint density at radius 1 is 1.31 bits per heavy atom. The summed E-state index contributed by atoms with van der Waals surface area (Å²) in [5.41, 5.74) is 1.29. The topological polar surface area (TPSA) is 12.0 Å². The highest BCUT2D eigenvalue weighted by Gasteiger charge is 2.11. The van der Waals surface area contributed by atoms with Crippen LogP contribution in [0, 0.1) is 9.49 Å². The molecule has 0 spiro atoms. The molecule has 90 valence electrons. The summed E-state index contributed by atoms with van der Waals surface area (Å²) in [5, 5.41) is 4.21. The van der Waals surface area contributed by atoms with Crippen molar-refractivity contribution < 1.29 is 0 Å². The lowest BCUT2D eigenvalue weighted by Crippen LogP contribution is -2.17.